The SMILES string of the molecule is COc1ccc(NC2CCCN(C(=O)c3cc(=O)c4ccccc4[nH]3)C2)cc1. The molecule has 1 aliphatic rings. The van der Waals surface area contributed by atoms with E-state index in [-0.39, 0.29) is 17.4 Å². The monoisotopic (exact) mass is 377 g/mol. The van der Waals surface area contributed by atoms with Gasteiger partial charge in [-0.05, 0) is 49.2 Å². The highest BCUT2D eigenvalue weighted by Gasteiger charge is 2.25. The van der Waals surface area contributed by atoms with Crippen molar-refractivity contribution in [2.24, 2.45) is 0 Å². The van der Waals surface area contributed by atoms with Crippen LogP contribution < -0.4 is 15.5 Å². The number of amides is 1. The molecular formula is C22H23N3O3. The second-order valence-corrected chi connectivity index (χ2v) is 7.06. The van der Waals surface area contributed by atoms with Gasteiger partial charge in [0.1, 0.15) is 11.4 Å². The van der Waals surface area contributed by atoms with Crippen molar-refractivity contribution >= 4 is 22.5 Å². The maximum absolute atomic E-state index is 13.0. The summed E-state index contributed by atoms with van der Waals surface area (Å²) in [5.74, 6) is 0.676. The number of anilines is 1. The molecule has 0 radical (unpaired) electrons. The van der Waals surface area contributed by atoms with Gasteiger partial charge in [0.25, 0.3) is 5.91 Å². The number of fused-ring (bicyclic) bond motifs is 1. The molecule has 3 aromatic rings. The van der Waals surface area contributed by atoms with Gasteiger partial charge in [-0.2, -0.15) is 0 Å². The first-order valence-corrected chi connectivity index (χ1v) is 9.46. The molecule has 0 bridgehead atoms. The Morgan fingerprint density at radius 2 is 1.96 bits per heavy atom. The van der Waals surface area contributed by atoms with Crippen LogP contribution in [0.4, 0.5) is 5.69 Å². The van der Waals surface area contributed by atoms with E-state index in [1.54, 1.807) is 13.2 Å². The molecule has 0 spiro atoms. The maximum atomic E-state index is 13.0. The third kappa shape index (κ3) is 3.71. The number of aromatic nitrogens is 1. The number of rotatable bonds is 4. The lowest BCUT2D eigenvalue weighted by atomic mass is 10.0. The number of piperidine rings is 1. The second-order valence-electron chi connectivity index (χ2n) is 7.06. The number of methoxy groups -OCH3 is 1. The molecule has 6 heteroatoms. The van der Waals surface area contributed by atoms with Crippen LogP contribution in [0.3, 0.4) is 0 Å². The van der Waals surface area contributed by atoms with Crippen LogP contribution in [0.2, 0.25) is 0 Å². The van der Waals surface area contributed by atoms with Gasteiger partial charge in [-0.3, -0.25) is 9.59 Å². The molecule has 4 rings (SSSR count). The third-order valence-corrected chi connectivity index (χ3v) is 5.14. The lowest BCUT2D eigenvalue weighted by Gasteiger charge is -2.33. The molecule has 0 saturated carbocycles. The van der Waals surface area contributed by atoms with Gasteiger partial charge >= 0.3 is 0 Å². The molecule has 1 unspecified atom stereocenters. The summed E-state index contributed by atoms with van der Waals surface area (Å²) >= 11 is 0. The Bertz CT molecular complexity index is 1040. The largest absolute Gasteiger partial charge is 0.497 e. The normalized spacial score (nSPS) is 16.8. The number of nitrogens with one attached hydrogen (secondary N) is 2. The fourth-order valence-electron chi connectivity index (χ4n) is 3.68. The van der Waals surface area contributed by atoms with Crippen LogP contribution in [0.25, 0.3) is 10.9 Å². The number of likely N-dealkylation sites (tertiary alicyclic amines) is 1. The molecule has 0 aliphatic carbocycles. The zero-order valence-electron chi connectivity index (χ0n) is 15.8. The number of pyridine rings is 1. The van der Waals surface area contributed by atoms with Crippen molar-refractivity contribution in [1.82, 2.24) is 9.88 Å². The van der Waals surface area contributed by atoms with Crippen LogP contribution in [-0.4, -0.2) is 42.0 Å². The number of benzene rings is 2. The first kappa shape index (κ1) is 18.1. The summed E-state index contributed by atoms with van der Waals surface area (Å²) in [5, 5.41) is 4.08. The van der Waals surface area contributed by atoms with Crippen LogP contribution in [0, 0.1) is 0 Å². The highest BCUT2D eigenvalue weighted by molar-refractivity contribution is 5.95. The van der Waals surface area contributed by atoms with Crippen molar-refractivity contribution in [3.8, 4) is 5.75 Å². The molecular weight excluding hydrogens is 354 g/mol. The number of H-pyrrole nitrogens is 1. The van der Waals surface area contributed by atoms with Crippen LogP contribution in [0.5, 0.6) is 5.75 Å². The van der Waals surface area contributed by atoms with E-state index in [1.165, 1.54) is 6.07 Å². The number of hydrogen-bond acceptors (Lipinski definition) is 4. The number of carbonyl (C=O) groups is 1. The van der Waals surface area contributed by atoms with E-state index >= 15 is 0 Å². The number of ether oxygens (including phenoxy) is 1. The Balaban J connectivity index is 1.49. The Labute approximate surface area is 163 Å². The first-order chi connectivity index (χ1) is 13.6. The standard InChI is InChI=1S/C22H23N3O3/c1-28-17-10-8-15(9-11-17)23-16-5-4-12-25(14-16)22(27)20-13-21(26)18-6-2-3-7-19(18)24-20/h2-3,6-11,13,16,23H,4-5,12,14H2,1H3,(H,24,26). The van der Waals surface area contributed by atoms with Crippen molar-refractivity contribution < 1.29 is 9.53 Å². The van der Waals surface area contributed by atoms with E-state index in [0.29, 0.717) is 29.7 Å². The zero-order chi connectivity index (χ0) is 19.5. The molecule has 1 amide bonds. The van der Waals surface area contributed by atoms with E-state index in [0.717, 1.165) is 24.3 Å². The Hall–Kier alpha value is -3.28. The van der Waals surface area contributed by atoms with Gasteiger partial charge in [0.05, 0.1) is 7.11 Å². The minimum absolute atomic E-state index is 0.135. The van der Waals surface area contributed by atoms with Gasteiger partial charge in [-0.1, -0.05) is 12.1 Å². The van der Waals surface area contributed by atoms with E-state index in [9.17, 15) is 9.59 Å². The number of nitrogens with zero attached hydrogens (tertiary/aromatic N) is 1. The number of aromatic amines is 1. The molecule has 2 aromatic carbocycles. The van der Waals surface area contributed by atoms with Gasteiger partial charge in [0, 0.05) is 41.8 Å². The fourth-order valence-corrected chi connectivity index (χ4v) is 3.68. The van der Waals surface area contributed by atoms with E-state index in [2.05, 4.69) is 10.3 Å². The molecule has 1 aromatic heterocycles. The highest BCUT2D eigenvalue weighted by Crippen LogP contribution is 2.20. The molecule has 1 aliphatic heterocycles. The summed E-state index contributed by atoms with van der Waals surface area (Å²) in [7, 11) is 1.64. The van der Waals surface area contributed by atoms with Crippen LogP contribution in [0.1, 0.15) is 23.3 Å². The van der Waals surface area contributed by atoms with Crippen molar-refractivity contribution in [2.75, 3.05) is 25.5 Å². The third-order valence-electron chi connectivity index (χ3n) is 5.14. The van der Waals surface area contributed by atoms with Gasteiger partial charge < -0.3 is 19.9 Å². The lowest BCUT2D eigenvalue weighted by molar-refractivity contribution is 0.0709. The van der Waals surface area contributed by atoms with Crippen LogP contribution in [-0.2, 0) is 0 Å². The van der Waals surface area contributed by atoms with Crippen molar-refractivity contribution in [1.29, 1.82) is 0 Å². The predicted octanol–water partition coefficient (Wildman–Crippen LogP) is 3.25. The minimum atomic E-state index is -0.136. The Morgan fingerprint density at radius 3 is 2.75 bits per heavy atom. The number of para-hydroxylation sites is 1. The highest BCUT2D eigenvalue weighted by atomic mass is 16.5. The van der Waals surface area contributed by atoms with Crippen molar-refractivity contribution in [2.45, 2.75) is 18.9 Å². The van der Waals surface area contributed by atoms with E-state index < -0.39 is 0 Å². The minimum Gasteiger partial charge on any atom is -0.497 e. The number of hydrogen-bond donors (Lipinski definition) is 2. The molecule has 1 fully saturated rings. The van der Waals surface area contributed by atoms with Crippen molar-refractivity contribution in [3.63, 3.8) is 0 Å². The fraction of sp³-hybridized carbons (Fsp3) is 0.273. The average molecular weight is 377 g/mol. The molecule has 6 nitrogen and oxygen atoms in total. The summed E-state index contributed by atoms with van der Waals surface area (Å²) < 4.78 is 5.19. The molecule has 1 atom stereocenters. The molecule has 28 heavy (non-hydrogen) atoms. The first-order valence-electron chi connectivity index (χ1n) is 9.46. The summed E-state index contributed by atoms with van der Waals surface area (Å²) in [4.78, 5) is 30.2. The second kappa shape index (κ2) is 7.76. The average Bonchev–Trinajstić information content (AvgIpc) is 2.74. The summed E-state index contributed by atoms with van der Waals surface area (Å²) in [6, 6.07) is 16.6. The van der Waals surface area contributed by atoms with Crippen molar-refractivity contribution in [3.05, 3.63) is 70.5 Å². The van der Waals surface area contributed by atoms with Crippen LogP contribution in [0.15, 0.2) is 59.4 Å². The quantitative estimate of drug-likeness (QED) is 0.732. The Kier molecular flexibility index (Phi) is 5.02. The molecule has 1 saturated heterocycles. The summed E-state index contributed by atoms with van der Waals surface area (Å²) in [6.07, 6.45) is 1.90. The van der Waals surface area contributed by atoms with Gasteiger partial charge in [-0.25, -0.2) is 0 Å². The smallest absolute Gasteiger partial charge is 0.270 e. The molecule has 2 N–H and O–H groups in total. The zero-order valence-corrected chi connectivity index (χ0v) is 15.8. The molecule has 2 heterocycles. The van der Waals surface area contributed by atoms with Gasteiger partial charge in [0.15, 0.2) is 5.43 Å². The van der Waals surface area contributed by atoms with E-state index in [1.807, 2.05) is 47.4 Å². The maximum Gasteiger partial charge on any atom is 0.270 e. The summed E-state index contributed by atoms with van der Waals surface area (Å²) in [6.45, 7) is 1.29. The Morgan fingerprint density at radius 1 is 1.18 bits per heavy atom. The predicted molar refractivity (Wildman–Crippen MR) is 110 cm³/mol. The van der Waals surface area contributed by atoms with Gasteiger partial charge in [-0.15, -0.1) is 0 Å². The molecule has 144 valence electrons. The summed E-state index contributed by atoms with van der Waals surface area (Å²) in [5.41, 5.74) is 1.89. The van der Waals surface area contributed by atoms with Crippen LogP contribution >= 0.6 is 0 Å². The van der Waals surface area contributed by atoms with E-state index in [4.69, 9.17) is 4.74 Å². The lowest BCUT2D eigenvalue weighted by Crippen LogP contribution is -2.45. The number of carbonyl (C=O) groups excluding carboxylic acids is 1. The van der Waals surface area contributed by atoms with Gasteiger partial charge in [0.2, 0.25) is 0 Å². The topological polar surface area (TPSA) is 74.4 Å².